The summed E-state index contributed by atoms with van der Waals surface area (Å²) < 4.78 is 5.59. The smallest absolute Gasteiger partial charge is 0.158 e. The van der Waals surface area contributed by atoms with Crippen LogP contribution >= 0.6 is 0 Å². The average Bonchev–Trinajstić information content (AvgIpc) is 2.46. The topological polar surface area (TPSA) is 84.0 Å². The largest absolute Gasteiger partial charge is 0.491 e. The van der Waals surface area contributed by atoms with Crippen LogP contribution in [0, 0.1) is 11.3 Å². The Kier molecular flexibility index (Phi) is 4.18. The van der Waals surface area contributed by atoms with Crippen molar-refractivity contribution in [2.75, 3.05) is 5.43 Å². The van der Waals surface area contributed by atoms with Gasteiger partial charge in [-0.05, 0) is 50.2 Å². The van der Waals surface area contributed by atoms with Crippen LogP contribution in [0.2, 0.25) is 0 Å². The number of nitrogen functional groups attached to an aromatic ring is 1. The minimum atomic E-state index is 0.141. The molecule has 0 atom stereocenters. The summed E-state index contributed by atoms with van der Waals surface area (Å²) in [4.78, 5) is 4.32. The summed E-state index contributed by atoms with van der Waals surface area (Å²) >= 11 is 0. The van der Waals surface area contributed by atoms with Crippen molar-refractivity contribution < 1.29 is 4.74 Å². The van der Waals surface area contributed by atoms with E-state index in [9.17, 15) is 0 Å². The second-order valence-electron chi connectivity index (χ2n) is 4.54. The lowest BCUT2D eigenvalue weighted by Gasteiger charge is -2.10. The van der Waals surface area contributed by atoms with E-state index in [-0.39, 0.29) is 6.10 Å². The minimum Gasteiger partial charge on any atom is -0.491 e. The van der Waals surface area contributed by atoms with E-state index >= 15 is 0 Å². The third kappa shape index (κ3) is 3.05. The van der Waals surface area contributed by atoms with Gasteiger partial charge in [0.15, 0.2) is 5.82 Å². The molecule has 0 aliphatic carbocycles. The van der Waals surface area contributed by atoms with Gasteiger partial charge >= 0.3 is 0 Å². The lowest BCUT2D eigenvalue weighted by Crippen LogP contribution is -2.10. The molecular formula is C15H16N4O. The number of aromatic nitrogens is 1. The van der Waals surface area contributed by atoms with E-state index < -0.39 is 0 Å². The van der Waals surface area contributed by atoms with Gasteiger partial charge in [-0.1, -0.05) is 0 Å². The van der Waals surface area contributed by atoms with E-state index in [0.29, 0.717) is 11.4 Å². The quantitative estimate of drug-likeness (QED) is 0.658. The first-order chi connectivity index (χ1) is 9.63. The molecule has 2 rings (SSSR count). The van der Waals surface area contributed by atoms with Gasteiger partial charge in [0.1, 0.15) is 11.8 Å². The van der Waals surface area contributed by atoms with Gasteiger partial charge in [0.05, 0.1) is 17.4 Å². The first-order valence-corrected chi connectivity index (χ1v) is 6.29. The summed E-state index contributed by atoms with van der Waals surface area (Å²) in [6.45, 7) is 3.96. The fraction of sp³-hybridized carbons (Fsp3) is 0.200. The summed E-state index contributed by atoms with van der Waals surface area (Å²) in [5.74, 6) is 6.55. The number of rotatable bonds is 4. The van der Waals surface area contributed by atoms with E-state index in [1.54, 1.807) is 12.1 Å². The van der Waals surface area contributed by atoms with Crippen LogP contribution in [0.4, 0.5) is 5.82 Å². The van der Waals surface area contributed by atoms with Crippen molar-refractivity contribution >= 4 is 5.82 Å². The zero-order chi connectivity index (χ0) is 14.5. The van der Waals surface area contributed by atoms with Gasteiger partial charge in [-0.15, -0.1) is 0 Å². The molecule has 0 radical (unpaired) electrons. The van der Waals surface area contributed by atoms with Crippen LogP contribution in [0.3, 0.4) is 0 Å². The number of anilines is 1. The van der Waals surface area contributed by atoms with Crippen LogP contribution in [-0.4, -0.2) is 11.1 Å². The summed E-state index contributed by atoms with van der Waals surface area (Å²) in [5, 5.41) is 8.93. The maximum Gasteiger partial charge on any atom is 0.158 e. The molecule has 20 heavy (non-hydrogen) atoms. The van der Waals surface area contributed by atoms with Crippen molar-refractivity contribution in [1.82, 2.24) is 4.98 Å². The predicted octanol–water partition coefficient (Wildman–Crippen LogP) is 2.69. The number of hydrazine groups is 1. The Morgan fingerprint density at radius 2 is 1.90 bits per heavy atom. The van der Waals surface area contributed by atoms with Crippen molar-refractivity contribution in [2.24, 2.45) is 5.84 Å². The molecule has 0 amide bonds. The number of nitriles is 1. The van der Waals surface area contributed by atoms with Crippen LogP contribution in [-0.2, 0) is 0 Å². The van der Waals surface area contributed by atoms with Gasteiger partial charge in [0.25, 0.3) is 0 Å². The lowest BCUT2D eigenvalue weighted by atomic mass is 10.1. The normalized spacial score (nSPS) is 10.2. The van der Waals surface area contributed by atoms with Crippen LogP contribution in [0.25, 0.3) is 11.3 Å². The Labute approximate surface area is 118 Å². The zero-order valence-corrected chi connectivity index (χ0v) is 11.4. The third-order valence-electron chi connectivity index (χ3n) is 2.67. The molecule has 1 aromatic carbocycles. The molecule has 1 heterocycles. The van der Waals surface area contributed by atoms with Gasteiger partial charge in [-0.3, -0.25) is 0 Å². The molecule has 0 spiro atoms. The molecule has 0 saturated heterocycles. The Morgan fingerprint density at radius 1 is 1.20 bits per heavy atom. The van der Waals surface area contributed by atoms with Crippen molar-refractivity contribution in [3.63, 3.8) is 0 Å². The molecule has 0 fully saturated rings. The highest BCUT2D eigenvalue weighted by Gasteiger charge is 2.06. The zero-order valence-electron chi connectivity index (χ0n) is 11.4. The number of hydrogen-bond acceptors (Lipinski definition) is 5. The lowest BCUT2D eigenvalue weighted by molar-refractivity contribution is 0.242. The second kappa shape index (κ2) is 6.04. The fourth-order valence-corrected chi connectivity index (χ4v) is 1.80. The summed E-state index contributed by atoms with van der Waals surface area (Å²) in [6, 6.07) is 13.1. The number of ether oxygens (including phenoxy) is 1. The molecule has 0 bridgehead atoms. The van der Waals surface area contributed by atoms with Crippen LogP contribution < -0.4 is 16.0 Å². The third-order valence-corrected chi connectivity index (χ3v) is 2.67. The standard InChI is InChI=1S/C15H16N4O/c1-10(2)20-13-6-3-11(4-7-13)14-8-5-12(9-16)15(18-14)19-17/h3-8,10H,17H2,1-2H3,(H,18,19). The number of benzene rings is 1. The van der Waals surface area contributed by atoms with Gasteiger partial charge in [-0.25, -0.2) is 10.8 Å². The molecule has 5 nitrogen and oxygen atoms in total. The molecule has 0 unspecified atom stereocenters. The molecule has 3 N–H and O–H groups in total. The summed E-state index contributed by atoms with van der Waals surface area (Å²) in [6.07, 6.45) is 0.141. The highest BCUT2D eigenvalue weighted by atomic mass is 16.5. The Hall–Kier alpha value is -2.58. The maximum absolute atomic E-state index is 8.93. The molecular weight excluding hydrogens is 252 g/mol. The van der Waals surface area contributed by atoms with E-state index in [0.717, 1.165) is 17.0 Å². The molecule has 1 aromatic heterocycles. The monoisotopic (exact) mass is 268 g/mol. The van der Waals surface area contributed by atoms with Gasteiger partial charge in [0, 0.05) is 5.56 Å². The second-order valence-corrected chi connectivity index (χ2v) is 4.54. The molecule has 5 heteroatoms. The minimum absolute atomic E-state index is 0.141. The highest BCUT2D eigenvalue weighted by Crippen LogP contribution is 2.23. The van der Waals surface area contributed by atoms with Crippen molar-refractivity contribution in [3.8, 4) is 23.1 Å². The van der Waals surface area contributed by atoms with E-state index in [4.69, 9.17) is 15.8 Å². The number of nitrogens with zero attached hydrogens (tertiary/aromatic N) is 2. The molecule has 0 saturated carbocycles. The van der Waals surface area contributed by atoms with Crippen molar-refractivity contribution in [3.05, 3.63) is 42.0 Å². The summed E-state index contributed by atoms with van der Waals surface area (Å²) in [7, 11) is 0. The van der Waals surface area contributed by atoms with Gasteiger partial charge in [-0.2, -0.15) is 5.26 Å². The predicted molar refractivity (Wildman–Crippen MR) is 78.0 cm³/mol. The highest BCUT2D eigenvalue weighted by molar-refractivity contribution is 5.65. The van der Waals surface area contributed by atoms with Gasteiger partial charge < -0.3 is 10.2 Å². The summed E-state index contributed by atoms with van der Waals surface area (Å²) in [5.41, 5.74) is 4.52. The van der Waals surface area contributed by atoms with Gasteiger partial charge in [0.2, 0.25) is 0 Å². The Morgan fingerprint density at radius 3 is 2.45 bits per heavy atom. The molecule has 0 aliphatic rings. The van der Waals surface area contributed by atoms with E-state index in [1.807, 2.05) is 44.2 Å². The van der Waals surface area contributed by atoms with E-state index in [2.05, 4.69) is 10.4 Å². The number of pyridine rings is 1. The molecule has 2 aromatic rings. The van der Waals surface area contributed by atoms with Crippen LogP contribution in [0.1, 0.15) is 19.4 Å². The Balaban J connectivity index is 2.30. The number of nitrogens with one attached hydrogen (secondary N) is 1. The molecule has 102 valence electrons. The Bertz CT molecular complexity index is 629. The van der Waals surface area contributed by atoms with Crippen LogP contribution in [0.15, 0.2) is 36.4 Å². The first kappa shape index (κ1) is 13.8. The van der Waals surface area contributed by atoms with E-state index in [1.165, 1.54) is 0 Å². The van der Waals surface area contributed by atoms with Crippen LogP contribution in [0.5, 0.6) is 5.75 Å². The fourth-order valence-electron chi connectivity index (χ4n) is 1.80. The average molecular weight is 268 g/mol. The SMILES string of the molecule is CC(C)Oc1ccc(-c2ccc(C#N)c(NN)n2)cc1. The molecule has 0 aliphatic heterocycles. The maximum atomic E-state index is 8.93. The number of nitrogens with two attached hydrogens (primary N) is 1. The van der Waals surface area contributed by atoms with Crippen molar-refractivity contribution in [2.45, 2.75) is 20.0 Å². The first-order valence-electron chi connectivity index (χ1n) is 6.29. The number of hydrogen-bond donors (Lipinski definition) is 2. The van der Waals surface area contributed by atoms with Crippen molar-refractivity contribution in [1.29, 1.82) is 5.26 Å².